The average molecular weight is 507 g/mol. The molecule has 1 atom stereocenters. The Bertz CT molecular complexity index is 1370. The first-order valence-electron chi connectivity index (χ1n) is 11.1. The second kappa shape index (κ2) is 10.5. The van der Waals surface area contributed by atoms with E-state index in [0.29, 0.717) is 17.7 Å². The quantitative estimate of drug-likeness (QED) is 0.170. The van der Waals surface area contributed by atoms with Crippen molar-refractivity contribution in [3.8, 4) is 5.69 Å². The number of amides is 1. The molecule has 0 saturated carbocycles. The number of aryl methyl sites for hydroxylation is 1. The number of nitrogens with zero attached hydrogens (tertiary/aromatic N) is 4. The molecule has 0 radical (unpaired) electrons. The minimum Gasteiger partial charge on any atom is -0.388 e. The fourth-order valence-corrected chi connectivity index (χ4v) is 3.88. The van der Waals surface area contributed by atoms with Gasteiger partial charge in [0.15, 0.2) is 5.84 Å². The summed E-state index contributed by atoms with van der Waals surface area (Å²) < 4.78 is 57.8. The molecule has 36 heavy (non-hydrogen) atoms. The number of anilines is 1. The molecular formula is C25H26F4N4O3. The van der Waals surface area contributed by atoms with Crippen LogP contribution in [0.15, 0.2) is 52.5 Å². The van der Waals surface area contributed by atoms with Crippen LogP contribution >= 0.6 is 0 Å². The average Bonchev–Trinajstić information content (AvgIpc) is 2.83. The number of aromatic nitrogens is 1. The summed E-state index contributed by atoms with van der Waals surface area (Å²) in [6.45, 7) is 3.87. The minimum absolute atomic E-state index is 0.0820. The second-order valence-electron chi connectivity index (χ2n) is 8.25. The number of rotatable bonds is 7. The highest BCUT2D eigenvalue weighted by molar-refractivity contribution is 5.93. The topological polar surface area (TPSA) is 78.1 Å². The van der Waals surface area contributed by atoms with Crippen molar-refractivity contribution in [1.29, 1.82) is 0 Å². The van der Waals surface area contributed by atoms with E-state index in [1.165, 1.54) is 7.05 Å². The van der Waals surface area contributed by atoms with E-state index in [2.05, 4.69) is 5.10 Å². The molecule has 0 saturated heterocycles. The number of carbonyl (C=O) groups excluding carboxylic acids is 1. The fourth-order valence-electron chi connectivity index (χ4n) is 3.88. The van der Waals surface area contributed by atoms with Gasteiger partial charge in [-0.05, 0) is 55.5 Å². The minimum atomic E-state index is -4.63. The van der Waals surface area contributed by atoms with Gasteiger partial charge in [0.1, 0.15) is 12.4 Å². The molecule has 2 aromatic carbocycles. The lowest BCUT2D eigenvalue weighted by molar-refractivity contribution is -0.146. The van der Waals surface area contributed by atoms with Crippen LogP contribution in [0.25, 0.3) is 16.5 Å². The van der Waals surface area contributed by atoms with E-state index in [9.17, 15) is 27.9 Å². The Kier molecular flexibility index (Phi) is 7.83. The van der Waals surface area contributed by atoms with Gasteiger partial charge in [-0.2, -0.15) is 18.3 Å². The molecule has 11 heteroatoms. The van der Waals surface area contributed by atoms with E-state index in [-0.39, 0.29) is 34.4 Å². The Hall–Kier alpha value is -3.73. The molecule has 0 spiro atoms. The van der Waals surface area contributed by atoms with Crippen LogP contribution in [0.3, 0.4) is 0 Å². The van der Waals surface area contributed by atoms with Crippen molar-refractivity contribution in [2.45, 2.75) is 32.9 Å². The van der Waals surface area contributed by atoms with E-state index in [1.54, 1.807) is 38.1 Å². The SMILES string of the molecule is CCN(C=O)/C(CO)=N\N(C)c1cc2c(C(C)C(F)(F)F)cn(-c3ccccc3C)c(=O)c2cc1F. The normalized spacial score (nSPS) is 13.1. The van der Waals surface area contributed by atoms with Gasteiger partial charge in [-0.25, -0.2) is 4.39 Å². The van der Waals surface area contributed by atoms with E-state index >= 15 is 4.39 Å². The summed E-state index contributed by atoms with van der Waals surface area (Å²) in [5.74, 6) is -2.97. The van der Waals surface area contributed by atoms with Crippen LogP contribution < -0.4 is 10.6 Å². The lowest BCUT2D eigenvalue weighted by atomic mass is 9.95. The molecule has 1 heterocycles. The zero-order chi connectivity index (χ0) is 26.8. The summed E-state index contributed by atoms with van der Waals surface area (Å²) in [5.41, 5.74) is -0.0954. The molecule has 0 bridgehead atoms. The number of amidine groups is 1. The van der Waals surface area contributed by atoms with E-state index in [1.807, 2.05) is 0 Å². The first-order valence-corrected chi connectivity index (χ1v) is 11.1. The number of hydrazone groups is 1. The van der Waals surface area contributed by atoms with Crippen LogP contribution in [0.2, 0.25) is 0 Å². The van der Waals surface area contributed by atoms with Crippen molar-refractivity contribution in [2.75, 3.05) is 25.2 Å². The highest BCUT2D eigenvalue weighted by Crippen LogP contribution is 2.38. The molecule has 1 amide bonds. The van der Waals surface area contributed by atoms with E-state index < -0.39 is 30.1 Å². The van der Waals surface area contributed by atoms with E-state index in [0.717, 1.165) is 39.7 Å². The van der Waals surface area contributed by atoms with Crippen molar-refractivity contribution >= 4 is 28.7 Å². The maximum atomic E-state index is 15.2. The van der Waals surface area contributed by atoms with Crippen LogP contribution in [0, 0.1) is 12.7 Å². The van der Waals surface area contributed by atoms with Gasteiger partial charge in [-0.15, -0.1) is 0 Å². The fraction of sp³-hybridized carbons (Fsp3) is 0.320. The summed E-state index contributed by atoms with van der Waals surface area (Å²) in [5, 5.41) is 14.3. The molecule has 1 unspecified atom stereocenters. The zero-order valence-corrected chi connectivity index (χ0v) is 20.2. The third-order valence-corrected chi connectivity index (χ3v) is 6.00. The van der Waals surface area contributed by atoms with Gasteiger partial charge < -0.3 is 5.11 Å². The first-order chi connectivity index (χ1) is 16.9. The molecule has 0 aliphatic heterocycles. The lowest BCUT2D eigenvalue weighted by Crippen LogP contribution is -2.34. The maximum absolute atomic E-state index is 15.2. The van der Waals surface area contributed by atoms with Gasteiger partial charge in [-0.3, -0.25) is 24.1 Å². The van der Waals surface area contributed by atoms with Crippen LogP contribution in [-0.4, -0.2) is 53.2 Å². The Morgan fingerprint density at radius 1 is 1.22 bits per heavy atom. The number of hydrogen-bond acceptors (Lipinski definition) is 5. The van der Waals surface area contributed by atoms with Gasteiger partial charge in [0.05, 0.1) is 22.7 Å². The van der Waals surface area contributed by atoms with Crippen LogP contribution in [-0.2, 0) is 4.79 Å². The Balaban J connectivity index is 2.33. The van der Waals surface area contributed by atoms with Crippen molar-refractivity contribution in [2.24, 2.45) is 5.10 Å². The Morgan fingerprint density at radius 2 is 1.89 bits per heavy atom. The van der Waals surface area contributed by atoms with Crippen molar-refractivity contribution in [3.05, 3.63) is 69.9 Å². The molecule has 1 aromatic heterocycles. The first kappa shape index (κ1) is 26.9. The number of halogens is 4. The number of pyridine rings is 1. The smallest absolute Gasteiger partial charge is 0.388 e. The van der Waals surface area contributed by atoms with Gasteiger partial charge in [0, 0.05) is 19.8 Å². The molecule has 0 aliphatic carbocycles. The molecule has 3 aromatic rings. The summed E-state index contributed by atoms with van der Waals surface area (Å²) in [6, 6.07) is 8.71. The zero-order valence-electron chi connectivity index (χ0n) is 20.2. The Morgan fingerprint density at radius 3 is 2.44 bits per heavy atom. The van der Waals surface area contributed by atoms with Gasteiger partial charge in [0.2, 0.25) is 6.41 Å². The van der Waals surface area contributed by atoms with Gasteiger partial charge in [-0.1, -0.05) is 18.2 Å². The number of hydrogen-bond donors (Lipinski definition) is 1. The van der Waals surface area contributed by atoms with Crippen LogP contribution in [0.4, 0.5) is 23.2 Å². The number of benzene rings is 2. The lowest BCUT2D eigenvalue weighted by Gasteiger charge is -2.23. The second-order valence-corrected chi connectivity index (χ2v) is 8.25. The number of fused-ring (bicyclic) bond motifs is 1. The standard InChI is InChI=1S/C25H26F4N4O3/c1-5-32(14-35)23(13-34)30-31(4)22-11-17-18(10-20(22)26)24(36)33(21-9-7-6-8-15(21)2)12-19(17)16(3)25(27,28)29/h6-12,14,16,34H,5,13H2,1-4H3/b30-23-. The van der Waals surface area contributed by atoms with Gasteiger partial charge >= 0.3 is 6.18 Å². The largest absolute Gasteiger partial charge is 0.395 e. The number of likely N-dealkylation sites (N-methyl/N-ethyl adjacent to an activating group) is 1. The van der Waals surface area contributed by atoms with Crippen LogP contribution in [0.5, 0.6) is 0 Å². The highest BCUT2D eigenvalue weighted by atomic mass is 19.4. The van der Waals surface area contributed by atoms with Crippen molar-refractivity contribution < 1.29 is 27.5 Å². The monoisotopic (exact) mass is 506 g/mol. The van der Waals surface area contributed by atoms with Gasteiger partial charge in [0.25, 0.3) is 5.56 Å². The predicted molar refractivity (Wildman–Crippen MR) is 130 cm³/mol. The predicted octanol–water partition coefficient (Wildman–Crippen LogP) is 4.32. The summed E-state index contributed by atoms with van der Waals surface area (Å²) in [7, 11) is 1.32. The number of alkyl halides is 3. The number of carbonyl (C=O) groups is 1. The molecule has 0 fully saturated rings. The summed E-state index contributed by atoms with van der Waals surface area (Å²) >= 11 is 0. The molecular weight excluding hydrogens is 480 g/mol. The van der Waals surface area contributed by atoms with Crippen molar-refractivity contribution in [1.82, 2.24) is 9.47 Å². The third kappa shape index (κ3) is 5.11. The maximum Gasteiger partial charge on any atom is 0.395 e. The third-order valence-electron chi connectivity index (χ3n) is 6.00. The molecule has 1 N–H and O–H groups in total. The molecule has 7 nitrogen and oxygen atoms in total. The molecule has 192 valence electrons. The number of aliphatic hydroxyl groups is 1. The van der Waals surface area contributed by atoms with Crippen molar-refractivity contribution in [3.63, 3.8) is 0 Å². The van der Waals surface area contributed by atoms with Crippen LogP contribution in [0.1, 0.15) is 30.9 Å². The molecule has 3 rings (SSSR count). The molecule has 0 aliphatic rings. The Labute approximate surface area is 204 Å². The highest BCUT2D eigenvalue weighted by Gasteiger charge is 2.38. The summed E-state index contributed by atoms with van der Waals surface area (Å²) in [6.07, 6.45) is -3.05. The van der Waals surface area contributed by atoms with E-state index in [4.69, 9.17) is 0 Å². The summed E-state index contributed by atoms with van der Waals surface area (Å²) in [4.78, 5) is 25.6. The number of aliphatic hydroxyl groups excluding tert-OH is 1. The number of para-hydroxylation sites is 1.